The van der Waals surface area contributed by atoms with E-state index >= 15 is 0 Å². The van der Waals surface area contributed by atoms with Crippen molar-refractivity contribution in [2.75, 3.05) is 34.0 Å². The van der Waals surface area contributed by atoms with Gasteiger partial charge < -0.3 is 154 Å². The first-order valence-electron chi connectivity index (χ1n) is 24.8. The minimum absolute atomic E-state index is 0.748. The van der Waals surface area contributed by atoms with Gasteiger partial charge in [-0.1, -0.05) is 0 Å². The molecule has 464 valence electrons. The van der Waals surface area contributed by atoms with Gasteiger partial charge in [-0.3, -0.25) is 14.4 Å². The summed E-state index contributed by atoms with van der Waals surface area (Å²) in [6.07, 6.45) is -51.2. The fraction of sp³-hybridized carbons (Fsp3) is 0.864. The van der Waals surface area contributed by atoms with E-state index in [0.29, 0.717) is 0 Å². The number of aliphatic carboxylic acids is 3. The van der Waals surface area contributed by atoms with Crippen molar-refractivity contribution in [3.8, 4) is 0 Å². The van der Waals surface area contributed by atoms with Crippen LogP contribution in [0, 0.1) is 0 Å². The lowest BCUT2D eigenvalue weighted by Crippen LogP contribution is -2.72. The van der Waals surface area contributed by atoms with Crippen LogP contribution in [0.25, 0.3) is 0 Å². The molecule has 37 heteroatoms. The number of carboxylic acids is 3. The summed E-state index contributed by atoms with van der Waals surface area (Å²) in [5, 5.41) is 172. The third-order valence-corrected chi connectivity index (χ3v) is 14.0. The molecule has 6 saturated heterocycles. The Kier molecular flexibility index (Phi) is 22.2. The lowest BCUT2D eigenvalue weighted by molar-refractivity contribution is -0.429. The van der Waals surface area contributed by atoms with Crippen LogP contribution in [0.5, 0.6) is 0 Å². The fourth-order valence-corrected chi connectivity index (χ4v) is 10.0. The molecule has 81 heavy (non-hydrogen) atoms. The molecule has 3 amide bonds. The molecule has 0 aromatic rings. The predicted molar refractivity (Wildman–Crippen MR) is 245 cm³/mol. The summed E-state index contributed by atoms with van der Waals surface area (Å²) >= 11 is 0. The third-order valence-electron chi connectivity index (χ3n) is 14.0. The number of ether oxygens (including phenoxy) is 13. The molecule has 12 unspecified atom stereocenters. The second kappa shape index (κ2) is 27.2. The minimum Gasteiger partial charge on any atom is -0.479 e. The smallest absolute Gasteiger partial charge is 0.335 e. The number of carboxylic acid groups (broad SMARTS) is 3. The Morgan fingerprint density at radius 2 is 0.790 bits per heavy atom. The molecule has 0 saturated carbocycles. The standard InChI is InChI=1S/C44H69N3O34/c1-11(51)45-19-27(22(54)16(8-48)73-37(19)70-5)77-41-32(59)43(67,6-14(71-41)34(61)62)81-39-21(47-13(3)53)29(24(56)18(10-50)75-39)78-42-33(60)44(68,7-15(72-42)35(63)64)80-38-20(46-12(2)52)28(23(55)17(9-49)74-38)76-40-26(58)25(57)30(69-4)31(79-40)36(65)66/h14-33,37-42,48-50,54-60,67-68H,6-10H2,1-5H3,(H,45,51)(H,46,52)(H,47,53)(H,61,62)(H,63,64)(H,65,66)/t14?,15?,16?,17?,18?,19?,20?,21?,22-,23-,24-,25+,26?,27+,28+,29+,30+,31?,32?,33?,37-,38+,39+,40-,41+,42+,43+,44+/m1/s1. The highest BCUT2D eigenvalue weighted by atomic mass is 16.8. The molecule has 0 aromatic heterocycles. The minimum atomic E-state index is -3.37. The van der Waals surface area contributed by atoms with E-state index in [1.54, 1.807) is 0 Å². The molecule has 6 aliphatic rings. The van der Waals surface area contributed by atoms with Gasteiger partial charge >= 0.3 is 17.9 Å². The Bertz CT molecular complexity index is 2190. The average Bonchev–Trinajstić information content (AvgIpc) is 3.49. The lowest BCUT2D eigenvalue weighted by Gasteiger charge is -2.52. The summed E-state index contributed by atoms with van der Waals surface area (Å²) in [7, 11) is 2.11. The van der Waals surface area contributed by atoms with Gasteiger partial charge in [0.2, 0.25) is 29.3 Å². The SMILES string of the molecule is CO[C@@H]1OC(CO)[C@@H](O)[C@@H](O[C@@H]2OC(C(=O)O)C[C@](O)(O[C@@H]3OC(CO)[C@@H](O)[C@@H](O[C@@H]4OC(C(=O)O)C[C@](O)(O[C@@H]5OC(CO)[C@@H](O)[C@@H](O[C@@H]6OC(C(=O)O)[C@@H](OC)[C@@H](O)C6O)C5NC(C)=O)C4O)C3NC(C)=O)C2O)C1NC(C)=O. The molecule has 0 aromatic carbocycles. The zero-order valence-electron chi connectivity index (χ0n) is 43.5. The molecule has 6 heterocycles. The van der Waals surface area contributed by atoms with Crippen molar-refractivity contribution >= 4 is 35.6 Å². The summed E-state index contributed by atoms with van der Waals surface area (Å²) in [6.45, 7) is -0.372. The number of hydrogen-bond donors (Lipinski definition) is 18. The van der Waals surface area contributed by atoms with Crippen molar-refractivity contribution in [3.05, 3.63) is 0 Å². The maximum Gasteiger partial charge on any atom is 0.335 e. The Balaban J connectivity index is 1.32. The van der Waals surface area contributed by atoms with Crippen LogP contribution in [-0.4, -0.2) is 317 Å². The number of hydrogen-bond acceptors (Lipinski definition) is 31. The molecule has 0 spiro atoms. The summed E-state index contributed by atoms with van der Waals surface area (Å²) in [6, 6.07) is -5.58. The van der Waals surface area contributed by atoms with E-state index in [1.807, 2.05) is 0 Å². The van der Waals surface area contributed by atoms with Gasteiger partial charge in [-0.05, 0) is 0 Å². The van der Waals surface area contributed by atoms with Gasteiger partial charge in [0.05, 0.1) is 19.8 Å². The van der Waals surface area contributed by atoms with Gasteiger partial charge in [0, 0.05) is 47.8 Å². The van der Waals surface area contributed by atoms with Crippen LogP contribution in [0.15, 0.2) is 0 Å². The molecule has 6 fully saturated rings. The van der Waals surface area contributed by atoms with E-state index < -0.39 is 239 Å². The summed E-state index contributed by atoms with van der Waals surface area (Å²) < 4.78 is 72.5. The predicted octanol–water partition coefficient (Wildman–Crippen LogP) is -11.4. The highest BCUT2D eigenvalue weighted by Gasteiger charge is 2.62. The van der Waals surface area contributed by atoms with Crippen molar-refractivity contribution in [2.45, 2.75) is 205 Å². The first kappa shape index (κ1) is 66.0. The maximum absolute atomic E-state index is 12.9. The van der Waals surface area contributed by atoms with Gasteiger partial charge in [-0.2, -0.15) is 0 Å². The Morgan fingerprint density at radius 1 is 0.444 bits per heavy atom. The Hall–Kier alpha value is -4.18. The van der Waals surface area contributed by atoms with Gasteiger partial charge in [0.1, 0.15) is 91.4 Å². The number of carbonyl (C=O) groups is 6. The summed E-state index contributed by atoms with van der Waals surface area (Å²) in [5.74, 6) is -14.9. The van der Waals surface area contributed by atoms with Crippen LogP contribution in [0.1, 0.15) is 33.6 Å². The van der Waals surface area contributed by atoms with Crippen LogP contribution in [-0.2, 0) is 90.3 Å². The van der Waals surface area contributed by atoms with E-state index in [-0.39, 0.29) is 0 Å². The molecule has 28 atom stereocenters. The topological polar surface area (TPSA) is 562 Å². The van der Waals surface area contributed by atoms with Crippen LogP contribution in [0.3, 0.4) is 0 Å². The van der Waals surface area contributed by atoms with Crippen LogP contribution in [0.4, 0.5) is 0 Å². The first-order valence-corrected chi connectivity index (χ1v) is 24.8. The quantitative estimate of drug-likeness (QED) is 0.0475. The van der Waals surface area contributed by atoms with E-state index in [4.69, 9.17) is 61.6 Å². The molecular weight excluding hydrogens is 1110 g/mol. The average molecular weight is 1180 g/mol. The summed E-state index contributed by atoms with van der Waals surface area (Å²) in [4.78, 5) is 75.2. The number of rotatable bonds is 21. The number of aliphatic hydroxyl groups excluding tert-OH is 10. The molecule has 0 radical (unpaired) electrons. The molecule has 6 aliphatic heterocycles. The van der Waals surface area contributed by atoms with E-state index in [2.05, 4.69) is 16.0 Å². The molecule has 37 nitrogen and oxygen atoms in total. The molecule has 6 rings (SSSR count). The van der Waals surface area contributed by atoms with Crippen molar-refractivity contribution in [2.24, 2.45) is 0 Å². The first-order chi connectivity index (χ1) is 38.0. The number of nitrogens with one attached hydrogen (secondary N) is 3. The van der Waals surface area contributed by atoms with Gasteiger partial charge in [0.15, 0.2) is 68.3 Å². The normalized spacial score (nSPS) is 45.7. The molecular formula is C44H69N3O34. The number of aliphatic hydroxyl groups is 12. The monoisotopic (exact) mass is 1180 g/mol. The third kappa shape index (κ3) is 14.3. The zero-order valence-corrected chi connectivity index (χ0v) is 43.5. The van der Waals surface area contributed by atoms with Gasteiger partial charge in [0.25, 0.3) is 0 Å². The maximum atomic E-state index is 12.9. The number of amides is 3. The van der Waals surface area contributed by atoms with E-state index in [0.717, 1.165) is 35.0 Å². The molecule has 18 N–H and O–H groups in total. The van der Waals surface area contributed by atoms with Gasteiger partial charge in [-0.25, -0.2) is 14.4 Å². The highest BCUT2D eigenvalue weighted by Crippen LogP contribution is 2.41. The number of methoxy groups -OCH3 is 2. The van der Waals surface area contributed by atoms with Crippen molar-refractivity contribution < 1.29 is 167 Å². The Labute approximate surface area is 456 Å². The second-order valence-corrected chi connectivity index (χ2v) is 19.7. The second-order valence-electron chi connectivity index (χ2n) is 19.7. The van der Waals surface area contributed by atoms with Crippen molar-refractivity contribution in [1.29, 1.82) is 0 Å². The van der Waals surface area contributed by atoms with Crippen molar-refractivity contribution in [3.63, 3.8) is 0 Å². The van der Waals surface area contributed by atoms with E-state index in [1.165, 1.54) is 0 Å². The summed E-state index contributed by atoms with van der Waals surface area (Å²) in [5.41, 5.74) is 0. The fourth-order valence-electron chi connectivity index (χ4n) is 10.0. The molecule has 0 aliphatic carbocycles. The lowest BCUT2D eigenvalue weighted by atomic mass is 9.93. The Morgan fingerprint density at radius 3 is 1.10 bits per heavy atom. The van der Waals surface area contributed by atoms with Crippen molar-refractivity contribution in [1.82, 2.24) is 16.0 Å². The molecule has 0 bridgehead atoms. The van der Waals surface area contributed by atoms with Gasteiger partial charge in [-0.15, -0.1) is 0 Å². The zero-order chi connectivity index (χ0) is 60.3. The van der Waals surface area contributed by atoms with Crippen LogP contribution >= 0.6 is 0 Å². The van der Waals surface area contributed by atoms with Crippen LogP contribution in [0.2, 0.25) is 0 Å². The number of carbonyl (C=O) groups excluding carboxylic acids is 3. The van der Waals surface area contributed by atoms with E-state index in [9.17, 15) is 105 Å². The van der Waals surface area contributed by atoms with Crippen LogP contribution < -0.4 is 16.0 Å². The largest absolute Gasteiger partial charge is 0.479 e. The highest BCUT2D eigenvalue weighted by molar-refractivity contribution is 5.75.